The average Bonchev–Trinajstić information content (AvgIpc) is 2.72. The van der Waals surface area contributed by atoms with E-state index in [0.29, 0.717) is 24.0 Å². The number of nitrogens with one attached hydrogen (secondary N) is 1. The number of benzene rings is 1. The van der Waals surface area contributed by atoms with Crippen molar-refractivity contribution in [2.45, 2.75) is 47.0 Å². The molecule has 158 valence electrons. The van der Waals surface area contributed by atoms with Gasteiger partial charge in [0.15, 0.2) is 0 Å². The Labute approximate surface area is 181 Å². The summed E-state index contributed by atoms with van der Waals surface area (Å²) in [6, 6.07) is 7.87. The molecule has 0 spiro atoms. The predicted molar refractivity (Wildman–Crippen MR) is 122 cm³/mol. The van der Waals surface area contributed by atoms with Crippen molar-refractivity contribution < 1.29 is 9.53 Å². The Bertz CT molecular complexity index is 742. The molecule has 1 aliphatic rings. The number of halogens is 1. The van der Waals surface area contributed by atoms with E-state index in [1.54, 1.807) is 6.07 Å². The first-order chi connectivity index (χ1) is 14.0. The molecule has 0 aromatic heterocycles. The summed E-state index contributed by atoms with van der Waals surface area (Å²) in [5.74, 6) is 1.64. The van der Waals surface area contributed by atoms with Crippen molar-refractivity contribution in [2.75, 3.05) is 19.7 Å². The highest BCUT2D eigenvalue weighted by Crippen LogP contribution is 2.22. The number of hydrogen-bond acceptors (Lipinski definition) is 3. The molecule has 5 heteroatoms. The highest BCUT2D eigenvalue weighted by atomic mass is 35.5. The SMILES string of the molecule is C#CN/C(=C\C=C/CC(=O)N1CCC(C)CC1)COc1ccc(Cl)cc1C.CC. The Morgan fingerprint density at radius 2 is 2.07 bits per heavy atom. The molecule has 4 nitrogen and oxygen atoms in total. The molecule has 1 heterocycles. The van der Waals surface area contributed by atoms with Gasteiger partial charge in [-0.2, -0.15) is 0 Å². The van der Waals surface area contributed by atoms with Gasteiger partial charge in [-0.15, -0.1) is 0 Å². The largest absolute Gasteiger partial charge is 0.487 e. The molecule has 1 amide bonds. The molecule has 1 saturated heterocycles. The lowest BCUT2D eigenvalue weighted by atomic mass is 9.99. The Hall–Kier alpha value is -2.38. The van der Waals surface area contributed by atoms with E-state index in [-0.39, 0.29) is 5.91 Å². The van der Waals surface area contributed by atoms with Crippen LogP contribution in [0.3, 0.4) is 0 Å². The third-order valence-corrected chi connectivity index (χ3v) is 4.85. The standard InChI is InChI=1S/C22H27ClN2O2.C2H6/c1-4-24-20(16-27-21-10-9-19(23)15-18(21)3)7-5-6-8-22(26)25-13-11-17(2)12-14-25;1-2/h1,5-7,9-10,15,17,24H,8,11-14,16H2,2-3H3;1-2H3/b6-5-,20-7-;. The number of amides is 1. The van der Waals surface area contributed by atoms with E-state index >= 15 is 0 Å². The van der Waals surface area contributed by atoms with Crippen LogP contribution >= 0.6 is 11.6 Å². The molecule has 0 radical (unpaired) electrons. The number of allylic oxidation sites excluding steroid dienone is 2. The lowest BCUT2D eigenvalue weighted by Crippen LogP contribution is -2.37. The molecule has 0 aliphatic carbocycles. The molecular formula is C24H33ClN2O2. The van der Waals surface area contributed by atoms with Gasteiger partial charge in [0.2, 0.25) is 5.91 Å². The van der Waals surface area contributed by atoms with Crippen LogP contribution in [0.25, 0.3) is 0 Å². The van der Waals surface area contributed by atoms with Crippen LogP contribution in [0.5, 0.6) is 5.75 Å². The Balaban J connectivity index is 0.00000204. The average molecular weight is 417 g/mol. The highest BCUT2D eigenvalue weighted by molar-refractivity contribution is 6.30. The van der Waals surface area contributed by atoms with E-state index in [2.05, 4.69) is 18.3 Å². The second kappa shape index (κ2) is 13.7. The number of terminal acetylenes is 1. The summed E-state index contributed by atoms with van der Waals surface area (Å²) in [4.78, 5) is 14.2. The van der Waals surface area contributed by atoms with Gasteiger partial charge in [-0.25, -0.2) is 0 Å². The normalized spacial score (nSPS) is 14.8. The Morgan fingerprint density at radius 1 is 1.38 bits per heavy atom. The zero-order valence-electron chi connectivity index (χ0n) is 18.0. The van der Waals surface area contributed by atoms with Crippen molar-refractivity contribution in [2.24, 2.45) is 5.92 Å². The predicted octanol–water partition coefficient (Wildman–Crippen LogP) is 5.32. The molecule has 0 atom stereocenters. The van der Waals surface area contributed by atoms with Gasteiger partial charge in [0, 0.05) is 30.6 Å². The first-order valence-electron chi connectivity index (χ1n) is 10.2. The molecule has 1 fully saturated rings. The fourth-order valence-corrected chi connectivity index (χ4v) is 3.12. The van der Waals surface area contributed by atoms with Crippen LogP contribution in [-0.4, -0.2) is 30.5 Å². The lowest BCUT2D eigenvalue weighted by molar-refractivity contribution is -0.131. The number of carbonyl (C=O) groups excluding carboxylic acids is 1. The van der Waals surface area contributed by atoms with E-state index in [9.17, 15) is 4.79 Å². The summed E-state index contributed by atoms with van der Waals surface area (Å²) >= 11 is 5.96. The minimum Gasteiger partial charge on any atom is -0.487 e. The maximum atomic E-state index is 12.2. The van der Waals surface area contributed by atoms with E-state index in [1.165, 1.54) is 0 Å². The zero-order valence-corrected chi connectivity index (χ0v) is 18.8. The van der Waals surface area contributed by atoms with Gasteiger partial charge in [-0.05, 0) is 55.5 Å². The van der Waals surface area contributed by atoms with Gasteiger partial charge >= 0.3 is 0 Å². The maximum Gasteiger partial charge on any atom is 0.226 e. The summed E-state index contributed by atoms with van der Waals surface area (Å²) in [5, 5.41) is 3.51. The van der Waals surface area contributed by atoms with Crippen LogP contribution in [0.1, 0.15) is 45.6 Å². The van der Waals surface area contributed by atoms with Crippen LogP contribution in [0.15, 0.2) is 42.1 Å². The van der Waals surface area contributed by atoms with Gasteiger partial charge in [0.25, 0.3) is 0 Å². The van der Waals surface area contributed by atoms with Crippen molar-refractivity contribution in [3.63, 3.8) is 0 Å². The molecule has 29 heavy (non-hydrogen) atoms. The van der Waals surface area contributed by atoms with Crippen molar-refractivity contribution in [1.82, 2.24) is 10.2 Å². The molecule has 2 rings (SSSR count). The van der Waals surface area contributed by atoms with Crippen LogP contribution in [-0.2, 0) is 4.79 Å². The molecule has 1 aromatic rings. The lowest BCUT2D eigenvalue weighted by Gasteiger charge is -2.30. The van der Waals surface area contributed by atoms with E-state index in [0.717, 1.165) is 42.9 Å². The zero-order chi connectivity index (χ0) is 21.6. The number of aryl methyl sites for hydroxylation is 1. The van der Waals surface area contributed by atoms with Gasteiger partial charge in [-0.1, -0.05) is 50.9 Å². The number of nitrogens with zero attached hydrogens (tertiary/aromatic N) is 1. The summed E-state index contributed by atoms with van der Waals surface area (Å²) in [5.41, 5.74) is 1.70. The second-order valence-electron chi connectivity index (χ2n) is 6.86. The maximum absolute atomic E-state index is 12.2. The minimum absolute atomic E-state index is 0.172. The monoisotopic (exact) mass is 416 g/mol. The molecule has 0 bridgehead atoms. The minimum atomic E-state index is 0.172. The number of carbonyl (C=O) groups is 1. The smallest absolute Gasteiger partial charge is 0.226 e. The third-order valence-electron chi connectivity index (χ3n) is 4.62. The molecule has 1 aromatic carbocycles. The highest BCUT2D eigenvalue weighted by Gasteiger charge is 2.18. The molecule has 0 unspecified atom stereocenters. The summed E-state index contributed by atoms with van der Waals surface area (Å²) in [6.45, 7) is 10.2. The quantitative estimate of drug-likeness (QED) is 0.371. The topological polar surface area (TPSA) is 41.6 Å². The first-order valence-corrected chi connectivity index (χ1v) is 10.6. The van der Waals surface area contributed by atoms with E-state index in [1.807, 2.05) is 56.0 Å². The summed E-state index contributed by atoms with van der Waals surface area (Å²) in [7, 11) is 0. The van der Waals surface area contributed by atoms with Crippen LogP contribution in [0.4, 0.5) is 0 Å². The summed E-state index contributed by atoms with van der Waals surface area (Å²) < 4.78 is 5.80. The van der Waals surface area contributed by atoms with Crippen molar-refractivity contribution in [3.05, 3.63) is 52.7 Å². The molecule has 1 aliphatic heterocycles. The fourth-order valence-electron chi connectivity index (χ4n) is 2.89. The van der Waals surface area contributed by atoms with Crippen molar-refractivity contribution in [1.29, 1.82) is 0 Å². The van der Waals surface area contributed by atoms with Crippen molar-refractivity contribution in [3.8, 4) is 18.2 Å². The van der Waals surface area contributed by atoms with Gasteiger partial charge < -0.3 is 15.0 Å². The number of hydrogen-bond donors (Lipinski definition) is 1. The van der Waals surface area contributed by atoms with E-state index in [4.69, 9.17) is 22.8 Å². The first kappa shape index (κ1) is 24.7. The van der Waals surface area contributed by atoms with Gasteiger partial charge in [0.1, 0.15) is 12.4 Å². The number of piperidine rings is 1. The van der Waals surface area contributed by atoms with Crippen LogP contribution in [0.2, 0.25) is 5.02 Å². The molecule has 1 N–H and O–H groups in total. The molecule has 0 saturated carbocycles. The van der Waals surface area contributed by atoms with Crippen molar-refractivity contribution >= 4 is 17.5 Å². The fraction of sp³-hybridized carbons (Fsp3) is 0.458. The Kier molecular flexibility index (Phi) is 11.7. The second-order valence-corrected chi connectivity index (χ2v) is 7.29. The van der Waals surface area contributed by atoms with Crippen LogP contribution < -0.4 is 10.1 Å². The van der Waals surface area contributed by atoms with Gasteiger partial charge in [-0.3, -0.25) is 4.79 Å². The number of ether oxygens (including phenoxy) is 1. The molecular weight excluding hydrogens is 384 g/mol. The number of likely N-dealkylation sites (tertiary alicyclic amines) is 1. The number of rotatable bonds is 7. The Morgan fingerprint density at radius 3 is 2.69 bits per heavy atom. The third kappa shape index (κ3) is 9.11. The summed E-state index contributed by atoms with van der Waals surface area (Å²) in [6.07, 6.45) is 13.4. The van der Waals surface area contributed by atoms with Gasteiger partial charge in [0.05, 0.1) is 5.70 Å². The van der Waals surface area contributed by atoms with E-state index < -0.39 is 0 Å². The van der Waals surface area contributed by atoms with Crippen LogP contribution in [0, 0.1) is 25.3 Å².